The van der Waals surface area contributed by atoms with Gasteiger partial charge in [0.15, 0.2) is 0 Å². The zero-order chi connectivity index (χ0) is 15.0. The molecule has 1 aromatic rings. The minimum atomic E-state index is -1.21. The molecule has 20 heavy (non-hydrogen) atoms. The number of hydrogen-bond acceptors (Lipinski definition) is 6. The lowest BCUT2D eigenvalue weighted by atomic mass is 10.4. The van der Waals surface area contributed by atoms with Gasteiger partial charge in [0.25, 0.3) is 5.91 Å². The molecule has 1 aromatic heterocycles. The van der Waals surface area contributed by atoms with Crippen LogP contribution in [0.25, 0.3) is 0 Å². The number of hydrazine groups is 1. The number of hydrogen-bond donors (Lipinski definition) is 4. The van der Waals surface area contributed by atoms with E-state index < -0.39 is 30.9 Å². The van der Waals surface area contributed by atoms with E-state index in [4.69, 9.17) is 10.2 Å². The Labute approximate surface area is 114 Å². The van der Waals surface area contributed by atoms with Crippen molar-refractivity contribution in [2.24, 2.45) is 0 Å². The first-order valence-corrected chi connectivity index (χ1v) is 5.59. The van der Waals surface area contributed by atoms with Gasteiger partial charge in [-0.05, 0) is 12.1 Å². The van der Waals surface area contributed by atoms with Crippen molar-refractivity contribution in [3.05, 3.63) is 24.4 Å². The number of aliphatic carboxylic acids is 2. The summed E-state index contributed by atoms with van der Waals surface area (Å²) in [5.41, 5.74) is 4.82. The number of amides is 1. The monoisotopic (exact) mass is 282 g/mol. The van der Waals surface area contributed by atoms with Gasteiger partial charge in [0.05, 0.1) is 19.6 Å². The fourth-order valence-corrected chi connectivity index (χ4v) is 1.36. The van der Waals surface area contributed by atoms with Crippen LogP contribution in [0.4, 0.5) is 5.82 Å². The molecule has 0 fully saturated rings. The largest absolute Gasteiger partial charge is 0.480 e. The highest BCUT2D eigenvalue weighted by atomic mass is 16.4. The highest BCUT2D eigenvalue weighted by molar-refractivity contribution is 5.81. The zero-order valence-electron chi connectivity index (χ0n) is 10.4. The molecule has 0 bridgehead atoms. The van der Waals surface area contributed by atoms with Crippen LogP contribution in [0.5, 0.6) is 0 Å². The number of nitrogens with zero attached hydrogens (tertiary/aromatic N) is 2. The third-order valence-electron chi connectivity index (χ3n) is 2.08. The number of nitrogens with one attached hydrogen (secondary N) is 2. The van der Waals surface area contributed by atoms with E-state index in [1.54, 1.807) is 18.2 Å². The Hall–Kier alpha value is -2.68. The summed E-state index contributed by atoms with van der Waals surface area (Å²) < 4.78 is 0. The van der Waals surface area contributed by atoms with E-state index in [1.165, 1.54) is 6.20 Å². The molecule has 4 N–H and O–H groups in total. The lowest BCUT2D eigenvalue weighted by Crippen LogP contribution is -2.43. The third-order valence-corrected chi connectivity index (χ3v) is 2.08. The molecule has 1 amide bonds. The second-order valence-corrected chi connectivity index (χ2v) is 3.82. The molecule has 9 heteroatoms. The fraction of sp³-hybridized carbons (Fsp3) is 0.273. The number of carboxylic acids is 2. The predicted octanol–water partition coefficient (Wildman–Crippen LogP) is -1.00. The minimum Gasteiger partial charge on any atom is -0.480 e. The second kappa shape index (κ2) is 7.69. The Morgan fingerprint density at radius 3 is 2.25 bits per heavy atom. The van der Waals surface area contributed by atoms with Crippen LogP contribution in [-0.4, -0.2) is 57.6 Å². The van der Waals surface area contributed by atoms with Gasteiger partial charge >= 0.3 is 11.9 Å². The number of carbonyl (C=O) groups is 3. The second-order valence-electron chi connectivity index (χ2n) is 3.82. The Bertz CT molecular complexity index is 463. The first-order valence-electron chi connectivity index (χ1n) is 5.59. The Balaban J connectivity index is 2.44. The molecule has 0 atom stereocenters. The van der Waals surface area contributed by atoms with E-state index in [2.05, 4.69) is 15.8 Å². The maximum Gasteiger partial charge on any atom is 0.317 e. The zero-order valence-corrected chi connectivity index (χ0v) is 10.4. The first kappa shape index (κ1) is 15.4. The molecular formula is C11H14N4O5. The molecule has 0 aliphatic rings. The molecule has 0 aromatic carbocycles. The van der Waals surface area contributed by atoms with Crippen molar-refractivity contribution in [1.29, 1.82) is 0 Å². The summed E-state index contributed by atoms with van der Waals surface area (Å²) >= 11 is 0. The molecule has 0 aliphatic heterocycles. The predicted molar refractivity (Wildman–Crippen MR) is 67.7 cm³/mol. The highest BCUT2D eigenvalue weighted by Crippen LogP contribution is 1.97. The molecule has 0 spiro atoms. The Kier molecular flexibility index (Phi) is 5.91. The Morgan fingerprint density at radius 1 is 1.10 bits per heavy atom. The van der Waals surface area contributed by atoms with Gasteiger partial charge in [-0.3, -0.25) is 30.1 Å². The average Bonchev–Trinajstić information content (AvgIpc) is 2.36. The van der Waals surface area contributed by atoms with E-state index >= 15 is 0 Å². The topological polar surface area (TPSA) is 132 Å². The van der Waals surface area contributed by atoms with Crippen molar-refractivity contribution in [3.8, 4) is 0 Å². The number of carbonyl (C=O) groups excluding carboxylic acids is 1. The van der Waals surface area contributed by atoms with Crippen LogP contribution >= 0.6 is 0 Å². The summed E-state index contributed by atoms with van der Waals surface area (Å²) in [6.45, 7) is -1.44. The summed E-state index contributed by atoms with van der Waals surface area (Å²) in [6, 6.07) is 5.03. The van der Waals surface area contributed by atoms with Gasteiger partial charge < -0.3 is 10.2 Å². The van der Waals surface area contributed by atoms with E-state index in [0.717, 1.165) is 4.90 Å². The van der Waals surface area contributed by atoms with Gasteiger partial charge in [0.1, 0.15) is 5.82 Å². The van der Waals surface area contributed by atoms with Crippen molar-refractivity contribution in [2.75, 3.05) is 25.1 Å². The van der Waals surface area contributed by atoms with Crippen molar-refractivity contribution >= 4 is 23.7 Å². The third kappa shape index (κ3) is 6.31. The molecule has 9 nitrogen and oxygen atoms in total. The molecule has 0 saturated heterocycles. The minimum absolute atomic E-state index is 0.363. The van der Waals surface area contributed by atoms with Gasteiger partial charge in [-0.25, -0.2) is 4.98 Å². The van der Waals surface area contributed by atoms with E-state index in [0.29, 0.717) is 5.82 Å². The van der Waals surface area contributed by atoms with Crippen molar-refractivity contribution < 1.29 is 24.6 Å². The van der Waals surface area contributed by atoms with Crippen LogP contribution in [0.2, 0.25) is 0 Å². The van der Waals surface area contributed by atoms with E-state index in [1.807, 2.05) is 0 Å². The summed E-state index contributed by atoms with van der Waals surface area (Å²) in [4.78, 5) is 37.6. The van der Waals surface area contributed by atoms with Crippen molar-refractivity contribution in [1.82, 2.24) is 15.3 Å². The molecule has 0 aliphatic carbocycles. The fourth-order valence-electron chi connectivity index (χ4n) is 1.36. The molecule has 1 rings (SSSR count). The van der Waals surface area contributed by atoms with Gasteiger partial charge in [0.2, 0.25) is 0 Å². The Morgan fingerprint density at radius 2 is 1.75 bits per heavy atom. The van der Waals surface area contributed by atoms with Gasteiger partial charge in [-0.15, -0.1) is 0 Å². The highest BCUT2D eigenvalue weighted by Gasteiger charge is 2.16. The summed E-state index contributed by atoms with van der Waals surface area (Å²) in [5.74, 6) is -2.59. The van der Waals surface area contributed by atoms with Gasteiger partial charge in [-0.2, -0.15) is 0 Å². The first-order chi connectivity index (χ1) is 9.47. The summed E-state index contributed by atoms with van der Waals surface area (Å²) in [6.07, 6.45) is 1.52. The standard InChI is InChI=1S/C11H14N4O5/c16-9(14-13-8-3-1-2-4-12-8)5-15(6-10(17)18)7-11(19)20/h1-4H,5-7H2,(H,12,13)(H,14,16)(H,17,18)(H,19,20). The average molecular weight is 282 g/mol. The van der Waals surface area contributed by atoms with Crippen LogP contribution in [0, 0.1) is 0 Å². The number of pyridine rings is 1. The van der Waals surface area contributed by atoms with Crippen LogP contribution in [-0.2, 0) is 14.4 Å². The lowest BCUT2D eigenvalue weighted by Gasteiger charge is -2.17. The normalized spacial score (nSPS) is 10.1. The van der Waals surface area contributed by atoms with Crippen LogP contribution in [0.1, 0.15) is 0 Å². The molecule has 0 radical (unpaired) electrons. The summed E-state index contributed by atoms with van der Waals surface area (Å²) in [7, 11) is 0. The van der Waals surface area contributed by atoms with Gasteiger partial charge in [0, 0.05) is 6.20 Å². The smallest absolute Gasteiger partial charge is 0.317 e. The van der Waals surface area contributed by atoms with Gasteiger partial charge in [-0.1, -0.05) is 6.07 Å². The van der Waals surface area contributed by atoms with Crippen LogP contribution < -0.4 is 10.9 Å². The molecule has 0 unspecified atom stereocenters. The van der Waals surface area contributed by atoms with Crippen LogP contribution in [0.15, 0.2) is 24.4 Å². The SMILES string of the molecule is O=C(O)CN(CC(=O)O)CC(=O)NNc1ccccn1. The maximum absolute atomic E-state index is 11.6. The maximum atomic E-state index is 11.6. The number of aromatic nitrogens is 1. The van der Waals surface area contributed by atoms with Crippen LogP contribution in [0.3, 0.4) is 0 Å². The number of rotatable bonds is 8. The van der Waals surface area contributed by atoms with Crippen molar-refractivity contribution in [2.45, 2.75) is 0 Å². The molecule has 108 valence electrons. The summed E-state index contributed by atoms with van der Waals surface area (Å²) in [5, 5.41) is 17.3. The van der Waals surface area contributed by atoms with E-state index in [9.17, 15) is 14.4 Å². The molecule has 1 heterocycles. The quantitative estimate of drug-likeness (QED) is 0.446. The lowest BCUT2D eigenvalue weighted by molar-refractivity contribution is -0.142. The van der Waals surface area contributed by atoms with Crippen molar-refractivity contribution in [3.63, 3.8) is 0 Å². The van der Waals surface area contributed by atoms with E-state index in [-0.39, 0.29) is 6.54 Å². The molecule has 0 saturated carbocycles. The number of carboxylic acid groups (broad SMARTS) is 2. The molecular weight excluding hydrogens is 268 g/mol. The number of anilines is 1.